The Kier molecular flexibility index (Phi) is 3.17. The fraction of sp³-hybridized carbons (Fsp3) is 0.583. The van der Waals surface area contributed by atoms with E-state index >= 15 is 0 Å². The van der Waals surface area contributed by atoms with E-state index in [1.54, 1.807) is 19.4 Å². The highest BCUT2D eigenvalue weighted by Gasteiger charge is 2.25. The largest absolute Gasteiger partial charge is 0.491 e. The Morgan fingerprint density at radius 1 is 1.31 bits per heavy atom. The first kappa shape index (κ1) is 11.0. The van der Waals surface area contributed by atoms with E-state index in [4.69, 9.17) is 14.2 Å². The average Bonchev–Trinajstić information content (AvgIpc) is 3.01. The molecule has 88 valence electrons. The molecule has 16 heavy (non-hydrogen) atoms. The molecular weight excluding hydrogens is 206 g/mol. The van der Waals surface area contributed by atoms with E-state index in [-0.39, 0.29) is 6.10 Å². The minimum Gasteiger partial charge on any atom is -0.491 e. The van der Waals surface area contributed by atoms with Crippen molar-refractivity contribution in [1.29, 1.82) is 0 Å². The molecule has 0 bridgehead atoms. The van der Waals surface area contributed by atoms with Gasteiger partial charge in [-0.05, 0) is 26.7 Å². The Morgan fingerprint density at radius 2 is 2.06 bits per heavy atom. The minimum absolute atomic E-state index is 0.106. The third kappa shape index (κ3) is 2.78. The van der Waals surface area contributed by atoms with E-state index < -0.39 is 0 Å². The van der Waals surface area contributed by atoms with Crippen LogP contribution >= 0.6 is 0 Å². The number of aromatic nitrogens is 1. The molecule has 0 unspecified atom stereocenters. The van der Waals surface area contributed by atoms with Gasteiger partial charge in [0.25, 0.3) is 0 Å². The summed E-state index contributed by atoms with van der Waals surface area (Å²) in [5.74, 6) is 1.95. The van der Waals surface area contributed by atoms with Gasteiger partial charge >= 0.3 is 0 Å². The van der Waals surface area contributed by atoms with Gasteiger partial charge in [-0.3, -0.25) is 0 Å². The van der Waals surface area contributed by atoms with Crippen molar-refractivity contribution in [2.45, 2.75) is 38.9 Å². The predicted molar refractivity (Wildman–Crippen MR) is 60.2 cm³/mol. The van der Waals surface area contributed by atoms with Gasteiger partial charge in [-0.2, -0.15) is 0 Å². The lowest BCUT2D eigenvalue weighted by atomic mass is 10.4. The summed E-state index contributed by atoms with van der Waals surface area (Å²) in [4.78, 5) is 4.15. The second-order valence-electron chi connectivity index (χ2n) is 4.16. The smallest absolute Gasteiger partial charge is 0.217 e. The Hall–Kier alpha value is -1.45. The third-order valence-corrected chi connectivity index (χ3v) is 2.20. The molecule has 0 atom stereocenters. The summed E-state index contributed by atoms with van der Waals surface area (Å²) in [5, 5.41) is 0. The average molecular weight is 223 g/mol. The van der Waals surface area contributed by atoms with Crippen LogP contribution in [0, 0.1) is 0 Å². The quantitative estimate of drug-likeness (QED) is 0.768. The highest BCUT2D eigenvalue weighted by atomic mass is 16.5. The minimum atomic E-state index is 0.106. The molecular formula is C12H17NO3. The van der Waals surface area contributed by atoms with Crippen molar-refractivity contribution in [3.05, 3.63) is 12.3 Å². The van der Waals surface area contributed by atoms with Crippen LogP contribution in [0.15, 0.2) is 12.3 Å². The van der Waals surface area contributed by atoms with Crippen molar-refractivity contribution in [3.8, 4) is 17.4 Å². The second kappa shape index (κ2) is 4.60. The molecule has 1 saturated carbocycles. The molecule has 0 spiro atoms. The van der Waals surface area contributed by atoms with Crippen LogP contribution in [-0.4, -0.2) is 24.3 Å². The Morgan fingerprint density at radius 3 is 2.62 bits per heavy atom. The Bertz CT molecular complexity index is 361. The van der Waals surface area contributed by atoms with Crippen LogP contribution in [0.4, 0.5) is 0 Å². The van der Waals surface area contributed by atoms with Gasteiger partial charge in [0.1, 0.15) is 0 Å². The molecule has 1 aromatic rings. The van der Waals surface area contributed by atoms with Gasteiger partial charge in [0.05, 0.1) is 25.5 Å². The zero-order valence-electron chi connectivity index (χ0n) is 9.90. The molecule has 1 fully saturated rings. The van der Waals surface area contributed by atoms with E-state index in [0.29, 0.717) is 17.7 Å². The molecule has 0 N–H and O–H groups in total. The van der Waals surface area contributed by atoms with Gasteiger partial charge in [-0.15, -0.1) is 0 Å². The summed E-state index contributed by atoms with van der Waals surface area (Å²) < 4.78 is 16.4. The second-order valence-corrected chi connectivity index (χ2v) is 4.16. The monoisotopic (exact) mass is 223 g/mol. The fourth-order valence-electron chi connectivity index (χ4n) is 1.32. The molecule has 4 nitrogen and oxygen atoms in total. The van der Waals surface area contributed by atoms with Crippen molar-refractivity contribution in [2.75, 3.05) is 7.11 Å². The van der Waals surface area contributed by atoms with E-state index in [1.165, 1.54) is 0 Å². The van der Waals surface area contributed by atoms with Gasteiger partial charge in [-0.25, -0.2) is 4.98 Å². The van der Waals surface area contributed by atoms with Crippen LogP contribution < -0.4 is 14.2 Å². The maximum absolute atomic E-state index is 5.72. The number of pyridine rings is 1. The summed E-state index contributed by atoms with van der Waals surface area (Å²) in [6.45, 7) is 3.93. The third-order valence-electron chi connectivity index (χ3n) is 2.20. The van der Waals surface area contributed by atoms with E-state index in [1.807, 2.05) is 13.8 Å². The highest BCUT2D eigenvalue weighted by Crippen LogP contribution is 2.35. The SMILES string of the molecule is COc1cnc(OC(C)C)cc1OC1CC1. The first-order valence-corrected chi connectivity index (χ1v) is 5.56. The summed E-state index contributed by atoms with van der Waals surface area (Å²) in [7, 11) is 1.61. The van der Waals surface area contributed by atoms with Crippen LogP contribution in [0.25, 0.3) is 0 Å². The lowest BCUT2D eigenvalue weighted by Gasteiger charge is -2.13. The predicted octanol–water partition coefficient (Wildman–Crippen LogP) is 2.42. The van der Waals surface area contributed by atoms with Gasteiger partial charge < -0.3 is 14.2 Å². The van der Waals surface area contributed by atoms with Crippen molar-refractivity contribution in [1.82, 2.24) is 4.98 Å². The zero-order valence-corrected chi connectivity index (χ0v) is 9.90. The van der Waals surface area contributed by atoms with Crippen LogP contribution in [0.2, 0.25) is 0 Å². The number of ether oxygens (including phenoxy) is 3. The van der Waals surface area contributed by atoms with Crippen LogP contribution in [0.5, 0.6) is 17.4 Å². The van der Waals surface area contributed by atoms with Gasteiger partial charge in [0.2, 0.25) is 5.88 Å². The molecule has 0 aliphatic heterocycles. The molecule has 0 saturated heterocycles. The van der Waals surface area contributed by atoms with E-state index in [2.05, 4.69) is 4.98 Å². The van der Waals surface area contributed by atoms with Crippen molar-refractivity contribution in [3.63, 3.8) is 0 Å². The number of rotatable bonds is 5. The molecule has 4 heteroatoms. The van der Waals surface area contributed by atoms with Crippen LogP contribution in [0.1, 0.15) is 26.7 Å². The maximum atomic E-state index is 5.72. The molecule has 1 aromatic heterocycles. The molecule has 1 aliphatic carbocycles. The molecule has 1 aliphatic rings. The summed E-state index contributed by atoms with van der Waals surface area (Å²) in [6.07, 6.45) is 4.31. The standard InChI is InChI=1S/C12H17NO3/c1-8(2)15-12-6-10(16-9-4-5-9)11(14-3)7-13-12/h6-9H,4-5H2,1-3H3. The van der Waals surface area contributed by atoms with Crippen LogP contribution in [0.3, 0.4) is 0 Å². The van der Waals surface area contributed by atoms with Crippen LogP contribution in [-0.2, 0) is 0 Å². The van der Waals surface area contributed by atoms with Crippen molar-refractivity contribution in [2.24, 2.45) is 0 Å². The lowest BCUT2D eigenvalue weighted by Crippen LogP contribution is -2.07. The Labute approximate surface area is 95.5 Å². The molecule has 0 amide bonds. The summed E-state index contributed by atoms with van der Waals surface area (Å²) in [5.41, 5.74) is 0. The maximum Gasteiger partial charge on any atom is 0.217 e. The number of nitrogens with zero attached hydrogens (tertiary/aromatic N) is 1. The summed E-state index contributed by atoms with van der Waals surface area (Å²) >= 11 is 0. The molecule has 1 heterocycles. The number of hydrogen-bond donors (Lipinski definition) is 0. The molecule has 0 aromatic carbocycles. The Balaban J connectivity index is 2.15. The molecule has 0 radical (unpaired) electrons. The highest BCUT2D eigenvalue weighted by molar-refractivity contribution is 5.41. The summed E-state index contributed by atoms with van der Waals surface area (Å²) in [6, 6.07) is 1.79. The number of hydrogen-bond acceptors (Lipinski definition) is 4. The van der Waals surface area contributed by atoms with Crippen molar-refractivity contribution < 1.29 is 14.2 Å². The van der Waals surface area contributed by atoms with E-state index in [0.717, 1.165) is 18.6 Å². The first-order valence-electron chi connectivity index (χ1n) is 5.56. The zero-order chi connectivity index (χ0) is 11.5. The lowest BCUT2D eigenvalue weighted by molar-refractivity contribution is 0.227. The van der Waals surface area contributed by atoms with Gasteiger partial charge in [0, 0.05) is 6.07 Å². The van der Waals surface area contributed by atoms with E-state index in [9.17, 15) is 0 Å². The molecule has 2 rings (SSSR count). The fourth-order valence-corrected chi connectivity index (χ4v) is 1.32. The first-order chi connectivity index (χ1) is 7.69. The number of methoxy groups -OCH3 is 1. The normalized spacial score (nSPS) is 15.0. The van der Waals surface area contributed by atoms with Gasteiger partial charge in [-0.1, -0.05) is 0 Å². The van der Waals surface area contributed by atoms with Gasteiger partial charge in [0.15, 0.2) is 11.5 Å². The van der Waals surface area contributed by atoms with Crippen molar-refractivity contribution >= 4 is 0 Å². The topological polar surface area (TPSA) is 40.6 Å².